The van der Waals surface area contributed by atoms with Crippen LogP contribution >= 0.6 is 11.6 Å². The number of nitrogen functional groups attached to an aromatic ring is 1. The summed E-state index contributed by atoms with van der Waals surface area (Å²) in [5, 5.41) is 15.2. The molecule has 2 rings (SSSR count). The number of rotatable bonds is 4. The lowest BCUT2D eigenvalue weighted by Crippen LogP contribution is -2.23. The minimum absolute atomic E-state index is 0.0230. The third-order valence-electron chi connectivity index (χ3n) is 3.42. The Bertz CT molecular complexity index is 600. The molecule has 21 heavy (non-hydrogen) atoms. The maximum Gasteiger partial charge on any atom is 0.267 e. The molecule has 0 bridgehead atoms. The maximum atomic E-state index is 12.1. The van der Waals surface area contributed by atoms with E-state index in [0.717, 1.165) is 12.8 Å². The van der Waals surface area contributed by atoms with E-state index >= 15 is 0 Å². The van der Waals surface area contributed by atoms with E-state index in [1.165, 1.54) is 19.0 Å². The van der Waals surface area contributed by atoms with Crippen LogP contribution < -0.4 is 16.4 Å². The first kappa shape index (κ1) is 15.2. The summed E-state index contributed by atoms with van der Waals surface area (Å²) in [4.78, 5) is 12.1. The molecule has 1 aliphatic rings. The van der Waals surface area contributed by atoms with Gasteiger partial charge in [0.1, 0.15) is 11.6 Å². The van der Waals surface area contributed by atoms with Gasteiger partial charge in [0.05, 0.1) is 10.7 Å². The monoisotopic (exact) mass is 304 g/mol. The third-order valence-corrected chi connectivity index (χ3v) is 3.74. The number of carbonyl (C=O) groups excluding carboxylic acids is 1. The molecule has 4 N–H and O–H groups in total. The smallest absolute Gasteiger partial charge is 0.267 e. The molecular weight excluding hydrogens is 288 g/mol. The number of hydrogen-bond acceptors (Lipinski definition) is 4. The van der Waals surface area contributed by atoms with Crippen LogP contribution in [-0.4, -0.2) is 11.9 Å². The Labute approximate surface area is 128 Å². The molecule has 1 amide bonds. The normalized spacial score (nSPS) is 15.5. The van der Waals surface area contributed by atoms with Crippen molar-refractivity contribution in [3.63, 3.8) is 0 Å². The molecule has 5 nitrogen and oxygen atoms in total. The Kier molecular flexibility index (Phi) is 5.07. The molecule has 110 valence electrons. The summed E-state index contributed by atoms with van der Waals surface area (Å²) in [5.41, 5.74) is 6.55. The van der Waals surface area contributed by atoms with Gasteiger partial charge in [-0.1, -0.05) is 24.4 Å². The van der Waals surface area contributed by atoms with Gasteiger partial charge < -0.3 is 16.4 Å². The van der Waals surface area contributed by atoms with E-state index in [1.54, 1.807) is 18.2 Å². The van der Waals surface area contributed by atoms with Crippen LogP contribution in [0.3, 0.4) is 0 Å². The standard InChI is InChI=1S/C15H17ClN4O/c16-13-7-11(18)5-6-14(13)20-15(21)10(8-17)9-19-12-3-1-2-4-12/h5-7,9,12,19H,1-4,18H2,(H,20,21)/b10-9-. The molecular formula is C15H17ClN4O. The van der Waals surface area contributed by atoms with Gasteiger partial charge in [-0.25, -0.2) is 0 Å². The summed E-state index contributed by atoms with van der Waals surface area (Å²) in [6, 6.07) is 7.03. The van der Waals surface area contributed by atoms with Crippen molar-refractivity contribution in [1.29, 1.82) is 5.26 Å². The van der Waals surface area contributed by atoms with Gasteiger partial charge >= 0.3 is 0 Å². The zero-order chi connectivity index (χ0) is 15.2. The molecule has 0 unspecified atom stereocenters. The second-order valence-corrected chi connectivity index (χ2v) is 5.42. The first-order valence-electron chi connectivity index (χ1n) is 6.83. The fraction of sp³-hybridized carbons (Fsp3) is 0.333. The van der Waals surface area contributed by atoms with Crippen LogP contribution in [-0.2, 0) is 4.79 Å². The van der Waals surface area contributed by atoms with Crippen molar-refractivity contribution in [3.8, 4) is 6.07 Å². The molecule has 1 aromatic rings. The Morgan fingerprint density at radius 2 is 2.14 bits per heavy atom. The highest BCUT2D eigenvalue weighted by atomic mass is 35.5. The van der Waals surface area contributed by atoms with Crippen molar-refractivity contribution >= 4 is 28.9 Å². The van der Waals surface area contributed by atoms with Gasteiger partial charge in [-0.3, -0.25) is 4.79 Å². The van der Waals surface area contributed by atoms with Gasteiger partial charge in [0, 0.05) is 17.9 Å². The SMILES string of the molecule is N#C/C(=C/NC1CCCC1)C(=O)Nc1ccc(N)cc1Cl. The van der Waals surface area contributed by atoms with Crippen LogP contribution in [0, 0.1) is 11.3 Å². The highest BCUT2D eigenvalue weighted by molar-refractivity contribution is 6.34. The molecule has 0 atom stereocenters. The highest BCUT2D eigenvalue weighted by Crippen LogP contribution is 2.24. The summed E-state index contributed by atoms with van der Waals surface area (Å²) >= 11 is 5.99. The molecule has 1 saturated carbocycles. The summed E-state index contributed by atoms with van der Waals surface area (Å²) in [6.07, 6.45) is 5.99. The molecule has 0 aromatic heterocycles. The minimum Gasteiger partial charge on any atom is -0.399 e. The fourth-order valence-corrected chi connectivity index (χ4v) is 2.50. The van der Waals surface area contributed by atoms with E-state index < -0.39 is 5.91 Å². The number of carbonyl (C=O) groups is 1. The summed E-state index contributed by atoms with van der Waals surface area (Å²) in [6.45, 7) is 0. The second kappa shape index (κ2) is 7.00. The van der Waals surface area contributed by atoms with Crippen LogP contribution in [0.4, 0.5) is 11.4 Å². The average molecular weight is 305 g/mol. The largest absolute Gasteiger partial charge is 0.399 e. The van der Waals surface area contributed by atoms with Gasteiger partial charge in [0.2, 0.25) is 0 Å². The quantitative estimate of drug-likeness (QED) is 0.453. The Balaban J connectivity index is 2.02. The Morgan fingerprint density at radius 1 is 1.43 bits per heavy atom. The molecule has 0 heterocycles. The predicted octanol–water partition coefficient (Wildman–Crippen LogP) is 2.80. The number of halogens is 1. The number of amides is 1. The summed E-state index contributed by atoms with van der Waals surface area (Å²) in [7, 11) is 0. The number of nitrogens with two attached hydrogens (primary N) is 1. The van der Waals surface area contributed by atoms with Crippen LogP contribution in [0.25, 0.3) is 0 Å². The van der Waals surface area contributed by atoms with Crippen molar-refractivity contribution < 1.29 is 4.79 Å². The molecule has 0 saturated heterocycles. The van der Waals surface area contributed by atoms with Gasteiger partial charge in [-0.05, 0) is 31.0 Å². The molecule has 0 spiro atoms. The van der Waals surface area contributed by atoms with Crippen molar-refractivity contribution in [1.82, 2.24) is 5.32 Å². The first-order valence-corrected chi connectivity index (χ1v) is 7.20. The number of hydrogen-bond donors (Lipinski definition) is 3. The number of nitrogens with one attached hydrogen (secondary N) is 2. The van der Waals surface area contributed by atoms with Gasteiger partial charge in [0.15, 0.2) is 0 Å². The molecule has 0 radical (unpaired) electrons. The zero-order valence-corrected chi connectivity index (χ0v) is 12.3. The summed E-state index contributed by atoms with van der Waals surface area (Å²) < 4.78 is 0. The van der Waals surface area contributed by atoms with E-state index in [0.29, 0.717) is 22.4 Å². The minimum atomic E-state index is -0.491. The topological polar surface area (TPSA) is 90.9 Å². The highest BCUT2D eigenvalue weighted by Gasteiger charge is 2.15. The predicted molar refractivity (Wildman–Crippen MR) is 83.6 cm³/mol. The van der Waals surface area contributed by atoms with Gasteiger partial charge in [0.25, 0.3) is 5.91 Å². The average Bonchev–Trinajstić information content (AvgIpc) is 2.96. The Hall–Kier alpha value is -2.19. The van der Waals surface area contributed by atoms with Crippen LogP contribution in [0.2, 0.25) is 5.02 Å². The lowest BCUT2D eigenvalue weighted by atomic mass is 10.2. The van der Waals surface area contributed by atoms with Crippen molar-refractivity contribution in [2.45, 2.75) is 31.7 Å². The summed E-state index contributed by atoms with van der Waals surface area (Å²) in [5.74, 6) is -0.491. The molecule has 6 heteroatoms. The van der Waals surface area contributed by atoms with E-state index in [1.807, 2.05) is 6.07 Å². The van der Waals surface area contributed by atoms with E-state index in [4.69, 9.17) is 22.6 Å². The van der Waals surface area contributed by atoms with Crippen molar-refractivity contribution in [2.75, 3.05) is 11.1 Å². The molecule has 1 fully saturated rings. The number of benzene rings is 1. The van der Waals surface area contributed by atoms with E-state index in [9.17, 15) is 4.79 Å². The van der Waals surface area contributed by atoms with E-state index in [-0.39, 0.29) is 5.57 Å². The second-order valence-electron chi connectivity index (χ2n) is 5.01. The number of nitrogens with zero attached hydrogens (tertiary/aromatic N) is 1. The first-order chi connectivity index (χ1) is 10.1. The van der Waals surface area contributed by atoms with Crippen LogP contribution in [0.5, 0.6) is 0 Å². The number of nitriles is 1. The number of anilines is 2. The fourth-order valence-electron chi connectivity index (χ4n) is 2.26. The zero-order valence-electron chi connectivity index (χ0n) is 11.5. The van der Waals surface area contributed by atoms with Crippen LogP contribution in [0.1, 0.15) is 25.7 Å². The van der Waals surface area contributed by atoms with Gasteiger partial charge in [-0.2, -0.15) is 5.26 Å². The maximum absolute atomic E-state index is 12.1. The molecule has 1 aromatic carbocycles. The lowest BCUT2D eigenvalue weighted by molar-refractivity contribution is -0.112. The lowest BCUT2D eigenvalue weighted by Gasteiger charge is -2.10. The van der Waals surface area contributed by atoms with E-state index in [2.05, 4.69) is 10.6 Å². The van der Waals surface area contributed by atoms with Crippen molar-refractivity contribution in [2.24, 2.45) is 0 Å². The molecule has 1 aliphatic carbocycles. The van der Waals surface area contributed by atoms with Gasteiger partial charge in [-0.15, -0.1) is 0 Å². The van der Waals surface area contributed by atoms with Crippen LogP contribution in [0.15, 0.2) is 30.0 Å². The molecule has 0 aliphatic heterocycles. The third kappa shape index (κ3) is 4.14. The Morgan fingerprint density at radius 3 is 2.76 bits per heavy atom. The van der Waals surface area contributed by atoms with Crippen molar-refractivity contribution in [3.05, 3.63) is 35.0 Å².